The van der Waals surface area contributed by atoms with Gasteiger partial charge in [0.15, 0.2) is 6.10 Å². The first-order valence-corrected chi connectivity index (χ1v) is 6.58. The van der Waals surface area contributed by atoms with E-state index in [9.17, 15) is 14.7 Å². The second-order valence-corrected chi connectivity index (χ2v) is 4.47. The van der Waals surface area contributed by atoms with Crippen molar-refractivity contribution in [2.45, 2.75) is 25.7 Å². The highest BCUT2D eigenvalue weighted by atomic mass is 16.5. The van der Waals surface area contributed by atoms with E-state index in [1.807, 2.05) is 30.3 Å². The van der Waals surface area contributed by atoms with E-state index in [0.717, 1.165) is 5.56 Å². The van der Waals surface area contributed by atoms with Crippen LogP contribution in [0.25, 0.3) is 0 Å². The van der Waals surface area contributed by atoms with Crippen LogP contribution in [0.3, 0.4) is 0 Å². The minimum absolute atomic E-state index is 0.123. The largest absolute Gasteiger partial charge is 0.445 e. The molecule has 6 heteroatoms. The van der Waals surface area contributed by atoms with Gasteiger partial charge in [0.1, 0.15) is 6.61 Å². The molecule has 0 saturated carbocycles. The Kier molecular flexibility index (Phi) is 6.97. The summed E-state index contributed by atoms with van der Waals surface area (Å²) in [7, 11) is 0. The van der Waals surface area contributed by atoms with E-state index in [2.05, 4.69) is 17.2 Å². The average Bonchev–Trinajstić information content (AvgIpc) is 2.50. The smallest absolute Gasteiger partial charge is 0.407 e. The van der Waals surface area contributed by atoms with Crippen molar-refractivity contribution >= 4 is 12.0 Å². The van der Waals surface area contributed by atoms with Crippen LogP contribution in [-0.4, -0.2) is 35.8 Å². The summed E-state index contributed by atoms with van der Waals surface area (Å²) >= 11 is 0. The Balaban J connectivity index is 2.36. The maximum atomic E-state index is 11.6. The van der Waals surface area contributed by atoms with E-state index in [-0.39, 0.29) is 13.2 Å². The van der Waals surface area contributed by atoms with Gasteiger partial charge >= 0.3 is 6.09 Å². The van der Waals surface area contributed by atoms with Crippen molar-refractivity contribution in [2.75, 3.05) is 6.54 Å². The second kappa shape index (κ2) is 8.76. The summed E-state index contributed by atoms with van der Waals surface area (Å²) in [4.78, 5) is 23.1. The first kappa shape index (κ1) is 16.7. The lowest BCUT2D eigenvalue weighted by Gasteiger charge is -2.19. The third kappa shape index (κ3) is 6.09. The van der Waals surface area contributed by atoms with Gasteiger partial charge in [0.2, 0.25) is 0 Å². The van der Waals surface area contributed by atoms with Crippen LogP contribution in [0.1, 0.15) is 12.5 Å². The van der Waals surface area contributed by atoms with Gasteiger partial charge in [0.25, 0.3) is 5.91 Å². The van der Waals surface area contributed by atoms with Crippen LogP contribution >= 0.6 is 0 Å². The van der Waals surface area contributed by atoms with Gasteiger partial charge in [-0.25, -0.2) is 4.79 Å². The number of benzene rings is 1. The van der Waals surface area contributed by atoms with Crippen LogP contribution < -0.4 is 10.6 Å². The van der Waals surface area contributed by atoms with Crippen LogP contribution in [-0.2, 0) is 16.1 Å². The summed E-state index contributed by atoms with van der Waals surface area (Å²) < 4.78 is 5.00. The molecule has 0 aliphatic heterocycles. The standard InChI is InChI=1S/C15H20N2O4/c1-3-9-16-14(19)13(18)11(2)17-15(20)21-10-12-7-5-4-6-8-12/h3-8,11,13,18H,1,9-10H2,2H3,(H,16,19)(H,17,20)/t11-,13-/m0/s1. The lowest BCUT2D eigenvalue weighted by molar-refractivity contribution is -0.130. The molecule has 6 nitrogen and oxygen atoms in total. The Morgan fingerprint density at radius 2 is 2.05 bits per heavy atom. The number of amides is 2. The molecule has 1 aromatic carbocycles. The maximum absolute atomic E-state index is 11.6. The quantitative estimate of drug-likeness (QED) is 0.653. The fourth-order valence-corrected chi connectivity index (χ4v) is 1.53. The molecule has 3 N–H and O–H groups in total. The second-order valence-electron chi connectivity index (χ2n) is 4.47. The third-order valence-electron chi connectivity index (χ3n) is 2.72. The molecule has 1 aromatic rings. The molecule has 2 amide bonds. The number of aliphatic hydroxyl groups is 1. The van der Waals surface area contributed by atoms with Gasteiger partial charge < -0.3 is 20.5 Å². The van der Waals surface area contributed by atoms with Gasteiger partial charge in [0, 0.05) is 6.54 Å². The van der Waals surface area contributed by atoms with Crippen molar-refractivity contribution in [3.8, 4) is 0 Å². The number of rotatable bonds is 7. The number of nitrogens with one attached hydrogen (secondary N) is 2. The minimum Gasteiger partial charge on any atom is -0.445 e. The van der Waals surface area contributed by atoms with Gasteiger partial charge in [-0.15, -0.1) is 6.58 Å². The molecule has 0 heterocycles. The summed E-state index contributed by atoms with van der Waals surface area (Å²) in [6, 6.07) is 8.44. The Morgan fingerprint density at radius 3 is 2.67 bits per heavy atom. The summed E-state index contributed by atoms with van der Waals surface area (Å²) in [6.45, 7) is 5.34. The van der Waals surface area contributed by atoms with E-state index in [4.69, 9.17) is 4.74 Å². The number of hydrogen-bond acceptors (Lipinski definition) is 4. The first-order chi connectivity index (χ1) is 10.0. The summed E-state index contributed by atoms with van der Waals surface area (Å²) in [6.07, 6.45) is -0.548. The van der Waals surface area contributed by atoms with Gasteiger partial charge in [-0.1, -0.05) is 36.4 Å². The van der Waals surface area contributed by atoms with Crippen LogP contribution in [0.2, 0.25) is 0 Å². The van der Waals surface area contributed by atoms with Gasteiger partial charge in [-0.05, 0) is 12.5 Å². The zero-order valence-electron chi connectivity index (χ0n) is 11.9. The van der Waals surface area contributed by atoms with Crippen molar-refractivity contribution in [3.63, 3.8) is 0 Å². The molecular weight excluding hydrogens is 272 g/mol. The fraction of sp³-hybridized carbons (Fsp3) is 0.333. The molecule has 0 fully saturated rings. The number of hydrogen-bond donors (Lipinski definition) is 3. The number of ether oxygens (including phenoxy) is 1. The fourth-order valence-electron chi connectivity index (χ4n) is 1.53. The zero-order chi connectivity index (χ0) is 15.7. The average molecular weight is 292 g/mol. The van der Waals surface area contributed by atoms with Crippen LogP contribution in [0.5, 0.6) is 0 Å². The first-order valence-electron chi connectivity index (χ1n) is 6.58. The Labute approximate surface area is 123 Å². The van der Waals surface area contributed by atoms with Crippen molar-refractivity contribution < 1.29 is 19.4 Å². The highest BCUT2D eigenvalue weighted by molar-refractivity contribution is 5.82. The molecule has 0 bridgehead atoms. The molecular formula is C15H20N2O4. The Bertz CT molecular complexity index is 476. The van der Waals surface area contributed by atoms with Crippen molar-refractivity contribution in [1.29, 1.82) is 0 Å². The van der Waals surface area contributed by atoms with Crippen molar-refractivity contribution in [3.05, 3.63) is 48.6 Å². The van der Waals surface area contributed by atoms with Crippen LogP contribution in [0, 0.1) is 0 Å². The number of carbonyl (C=O) groups excluding carboxylic acids is 2. The number of aliphatic hydroxyl groups excluding tert-OH is 1. The lowest BCUT2D eigenvalue weighted by Crippen LogP contribution is -2.49. The number of alkyl carbamates (subject to hydrolysis) is 1. The predicted octanol–water partition coefficient (Wildman–Crippen LogP) is 0.964. The summed E-state index contributed by atoms with van der Waals surface area (Å²) in [5.41, 5.74) is 0.851. The highest BCUT2D eigenvalue weighted by Gasteiger charge is 2.23. The summed E-state index contributed by atoms with van der Waals surface area (Å²) in [5.74, 6) is -0.578. The highest BCUT2D eigenvalue weighted by Crippen LogP contribution is 2.01. The molecule has 0 unspecified atom stereocenters. The normalized spacial score (nSPS) is 12.9. The van der Waals surface area contributed by atoms with E-state index in [1.165, 1.54) is 13.0 Å². The molecule has 0 aromatic heterocycles. The maximum Gasteiger partial charge on any atom is 0.407 e. The Morgan fingerprint density at radius 1 is 1.38 bits per heavy atom. The lowest BCUT2D eigenvalue weighted by atomic mass is 10.2. The predicted molar refractivity (Wildman–Crippen MR) is 78.4 cm³/mol. The topological polar surface area (TPSA) is 87.7 Å². The molecule has 0 aliphatic rings. The van der Waals surface area contributed by atoms with E-state index < -0.39 is 24.1 Å². The third-order valence-corrected chi connectivity index (χ3v) is 2.72. The van der Waals surface area contributed by atoms with Crippen molar-refractivity contribution in [2.24, 2.45) is 0 Å². The van der Waals surface area contributed by atoms with E-state index >= 15 is 0 Å². The van der Waals surface area contributed by atoms with E-state index in [1.54, 1.807) is 0 Å². The molecule has 21 heavy (non-hydrogen) atoms. The van der Waals surface area contributed by atoms with Gasteiger partial charge in [-0.2, -0.15) is 0 Å². The molecule has 1 rings (SSSR count). The number of carbonyl (C=O) groups is 2. The molecule has 0 spiro atoms. The monoisotopic (exact) mass is 292 g/mol. The molecule has 0 aliphatic carbocycles. The van der Waals surface area contributed by atoms with Crippen molar-refractivity contribution in [1.82, 2.24) is 10.6 Å². The molecule has 114 valence electrons. The molecule has 2 atom stereocenters. The Hall–Kier alpha value is -2.34. The van der Waals surface area contributed by atoms with Gasteiger partial charge in [0.05, 0.1) is 6.04 Å². The van der Waals surface area contributed by atoms with Crippen LogP contribution in [0.15, 0.2) is 43.0 Å². The van der Waals surface area contributed by atoms with Crippen LogP contribution in [0.4, 0.5) is 4.79 Å². The molecule has 0 saturated heterocycles. The van der Waals surface area contributed by atoms with E-state index in [0.29, 0.717) is 0 Å². The minimum atomic E-state index is -1.35. The van der Waals surface area contributed by atoms with Gasteiger partial charge in [-0.3, -0.25) is 4.79 Å². The molecule has 0 radical (unpaired) electrons. The SMILES string of the molecule is C=CCNC(=O)[C@@H](O)[C@H](C)NC(=O)OCc1ccccc1. The summed E-state index contributed by atoms with van der Waals surface area (Å²) in [5, 5.41) is 14.6. The zero-order valence-corrected chi connectivity index (χ0v) is 11.9.